The van der Waals surface area contributed by atoms with Gasteiger partial charge in [0.2, 0.25) is 0 Å². The number of anilines is 2. The molecule has 2 amide bonds. The molecule has 0 aliphatic carbocycles. The SMILES string of the molecule is O=C(NCCCc1ccc(N2CCc3ccccc3C2)cc1)C(=O)Nc1ccc(F)c(Cl)c1. The molecule has 4 rings (SSSR count). The molecule has 0 aromatic heterocycles. The molecule has 7 heteroatoms. The van der Waals surface area contributed by atoms with Crippen molar-refractivity contribution in [2.24, 2.45) is 0 Å². The summed E-state index contributed by atoms with van der Waals surface area (Å²) in [6.45, 7) is 2.31. The molecule has 0 bridgehead atoms. The lowest BCUT2D eigenvalue weighted by molar-refractivity contribution is -0.136. The average Bonchev–Trinajstić information content (AvgIpc) is 2.84. The van der Waals surface area contributed by atoms with E-state index in [2.05, 4.69) is 64.1 Å². The number of carbonyl (C=O) groups is 2. The first kappa shape index (κ1) is 22.8. The monoisotopic (exact) mass is 465 g/mol. The smallest absolute Gasteiger partial charge is 0.313 e. The third-order valence-corrected chi connectivity index (χ3v) is 6.03. The van der Waals surface area contributed by atoms with E-state index >= 15 is 0 Å². The summed E-state index contributed by atoms with van der Waals surface area (Å²) in [5.41, 5.74) is 5.46. The van der Waals surface area contributed by atoms with Crippen molar-refractivity contribution in [1.82, 2.24) is 5.32 Å². The van der Waals surface area contributed by atoms with Crippen LogP contribution in [-0.4, -0.2) is 24.9 Å². The first-order valence-electron chi connectivity index (χ1n) is 10.9. The number of aryl methyl sites for hydroxylation is 1. The lowest BCUT2D eigenvalue weighted by Crippen LogP contribution is -2.36. The molecule has 0 radical (unpaired) electrons. The van der Waals surface area contributed by atoms with Gasteiger partial charge in [0.25, 0.3) is 0 Å². The summed E-state index contributed by atoms with van der Waals surface area (Å²) in [6.07, 6.45) is 2.55. The summed E-state index contributed by atoms with van der Waals surface area (Å²) in [6, 6.07) is 20.8. The third-order valence-electron chi connectivity index (χ3n) is 5.74. The highest BCUT2D eigenvalue weighted by Crippen LogP contribution is 2.25. The predicted molar refractivity (Wildman–Crippen MR) is 129 cm³/mol. The van der Waals surface area contributed by atoms with E-state index in [1.807, 2.05) is 0 Å². The van der Waals surface area contributed by atoms with Crippen molar-refractivity contribution in [1.29, 1.82) is 0 Å². The topological polar surface area (TPSA) is 61.4 Å². The lowest BCUT2D eigenvalue weighted by Gasteiger charge is -2.30. The quantitative estimate of drug-likeness (QED) is 0.408. The van der Waals surface area contributed by atoms with Gasteiger partial charge in [-0.05, 0) is 66.3 Å². The number of benzene rings is 3. The van der Waals surface area contributed by atoms with Crippen LogP contribution in [-0.2, 0) is 29.0 Å². The minimum Gasteiger partial charge on any atom is -0.367 e. The van der Waals surface area contributed by atoms with Gasteiger partial charge >= 0.3 is 11.8 Å². The molecule has 33 heavy (non-hydrogen) atoms. The Bertz CT molecular complexity index is 1150. The number of fused-ring (bicyclic) bond motifs is 1. The zero-order valence-electron chi connectivity index (χ0n) is 18.1. The third kappa shape index (κ3) is 5.90. The van der Waals surface area contributed by atoms with E-state index in [0.29, 0.717) is 13.0 Å². The van der Waals surface area contributed by atoms with Crippen LogP contribution >= 0.6 is 11.6 Å². The van der Waals surface area contributed by atoms with Crippen LogP contribution in [0.1, 0.15) is 23.1 Å². The van der Waals surface area contributed by atoms with E-state index in [9.17, 15) is 14.0 Å². The van der Waals surface area contributed by atoms with E-state index < -0.39 is 17.6 Å². The minimum atomic E-state index is -0.815. The number of hydrogen-bond donors (Lipinski definition) is 2. The van der Waals surface area contributed by atoms with Crippen molar-refractivity contribution < 1.29 is 14.0 Å². The summed E-state index contributed by atoms with van der Waals surface area (Å²) in [5.74, 6) is -2.14. The van der Waals surface area contributed by atoms with E-state index in [0.717, 1.165) is 32.0 Å². The zero-order valence-corrected chi connectivity index (χ0v) is 18.9. The Hall–Kier alpha value is -3.38. The van der Waals surface area contributed by atoms with Gasteiger partial charge in [-0.1, -0.05) is 48.0 Å². The molecule has 0 atom stereocenters. The van der Waals surface area contributed by atoms with Crippen LogP contribution in [0, 0.1) is 5.82 Å². The van der Waals surface area contributed by atoms with Gasteiger partial charge in [-0.15, -0.1) is 0 Å². The second kappa shape index (κ2) is 10.5. The van der Waals surface area contributed by atoms with Gasteiger partial charge in [-0.25, -0.2) is 4.39 Å². The molecule has 1 aliphatic heterocycles. The number of hydrogen-bond acceptors (Lipinski definition) is 3. The van der Waals surface area contributed by atoms with Crippen LogP contribution in [0.5, 0.6) is 0 Å². The zero-order chi connectivity index (χ0) is 23.2. The summed E-state index contributed by atoms with van der Waals surface area (Å²) in [4.78, 5) is 26.3. The molecule has 1 heterocycles. The number of carbonyl (C=O) groups excluding carboxylic acids is 2. The number of rotatable bonds is 6. The van der Waals surface area contributed by atoms with Gasteiger partial charge in [0.15, 0.2) is 0 Å². The van der Waals surface area contributed by atoms with E-state index in [1.54, 1.807) is 0 Å². The Morgan fingerprint density at radius 2 is 1.73 bits per heavy atom. The molecule has 5 nitrogen and oxygen atoms in total. The van der Waals surface area contributed by atoms with Crippen molar-refractivity contribution in [2.45, 2.75) is 25.8 Å². The fourth-order valence-electron chi connectivity index (χ4n) is 3.93. The molecule has 3 aromatic rings. The molecule has 3 aromatic carbocycles. The van der Waals surface area contributed by atoms with Gasteiger partial charge in [0.1, 0.15) is 5.82 Å². The highest BCUT2D eigenvalue weighted by molar-refractivity contribution is 6.39. The van der Waals surface area contributed by atoms with Gasteiger partial charge < -0.3 is 15.5 Å². The average molecular weight is 466 g/mol. The Labute approximate surface area is 197 Å². The Balaban J connectivity index is 1.20. The highest BCUT2D eigenvalue weighted by Gasteiger charge is 2.16. The number of nitrogens with zero attached hydrogens (tertiary/aromatic N) is 1. The second-order valence-electron chi connectivity index (χ2n) is 8.05. The number of nitrogens with one attached hydrogen (secondary N) is 2. The summed E-state index contributed by atoms with van der Waals surface area (Å²) in [7, 11) is 0. The maximum Gasteiger partial charge on any atom is 0.313 e. The first-order valence-corrected chi connectivity index (χ1v) is 11.3. The van der Waals surface area contributed by atoms with E-state index in [1.165, 1.54) is 34.5 Å². The summed E-state index contributed by atoms with van der Waals surface area (Å²) in [5, 5.41) is 4.89. The summed E-state index contributed by atoms with van der Waals surface area (Å²) >= 11 is 5.68. The van der Waals surface area contributed by atoms with Crippen molar-refractivity contribution in [3.63, 3.8) is 0 Å². The van der Waals surface area contributed by atoms with Crippen LogP contribution in [0.15, 0.2) is 66.7 Å². The first-order chi connectivity index (χ1) is 16.0. The maximum absolute atomic E-state index is 13.2. The van der Waals surface area contributed by atoms with Crippen molar-refractivity contribution in [3.05, 3.63) is 94.3 Å². The largest absolute Gasteiger partial charge is 0.367 e. The molecular weight excluding hydrogens is 441 g/mol. The van der Waals surface area contributed by atoms with Crippen molar-refractivity contribution in [2.75, 3.05) is 23.3 Å². The Kier molecular flexibility index (Phi) is 7.25. The Morgan fingerprint density at radius 3 is 2.48 bits per heavy atom. The van der Waals surface area contributed by atoms with Crippen molar-refractivity contribution in [3.8, 4) is 0 Å². The number of halogens is 2. The normalized spacial score (nSPS) is 12.7. The van der Waals surface area contributed by atoms with Gasteiger partial charge in [0.05, 0.1) is 5.02 Å². The molecule has 170 valence electrons. The Morgan fingerprint density at radius 1 is 0.970 bits per heavy atom. The molecule has 2 N–H and O–H groups in total. The van der Waals surface area contributed by atoms with Crippen LogP contribution < -0.4 is 15.5 Å². The maximum atomic E-state index is 13.2. The highest BCUT2D eigenvalue weighted by atomic mass is 35.5. The van der Waals surface area contributed by atoms with Crippen LogP contribution in [0.3, 0.4) is 0 Å². The van der Waals surface area contributed by atoms with Crippen LogP contribution in [0.2, 0.25) is 5.02 Å². The van der Waals surface area contributed by atoms with Gasteiger partial charge in [0, 0.05) is 31.0 Å². The fraction of sp³-hybridized carbons (Fsp3) is 0.231. The molecular formula is C26H25ClFN3O2. The lowest BCUT2D eigenvalue weighted by atomic mass is 9.99. The van der Waals surface area contributed by atoms with E-state index in [-0.39, 0.29) is 10.7 Å². The van der Waals surface area contributed by atoms with Crippen LogP contribution in [0.25, 0.3) is 0 Å². The molecule has 0 saturated heterocycles. The number of amides is 2. The molecule has 0 fully saturated rings. The molecule has 0 spiro atoms. The minimum absolute atomic E-state index is 0.121. The molecule has 0 saturated carbocycles. The van der Waals surface area contributed by atoms with E-state index in [4.69, 9.17) is 11.6 Å². The predicted octanol–water partition coefficient (Wildman–Crippen LogP) is 4.73. The van der Waals surface area contributed by atoms with Gasteiger partial charge in [-0.3, -0.25) is 9.59 Å². The van der Waals surface area contributed by atoms with Crippen molar-refractivity contribution >= 4 is 34.8 Å². The fourth-order valence-corrected chi connectivity index (χ4v) is 4.11. The van der Waals surface area contributed by atoms with Gasteiger partial charge in [-0.2, -0.15) is 0 Å². The standard InChI is InChI=1S/C26H25ClFN3O2/c27-23-16-21(9-12-24(23)28)30-26(33)25(32)29-14-3-4-18-7-10-22(11-8-18)31-15-13-19-5-1-2-6-20(19)17-31/h1-2,5-12,16H,3-4,13-15,17H2,(H,29,32)(H,30,33). The van der Waals surface area contributed by atoms with Crippen LogP contribution in [0.4, 0.5) is 15.8 Å². The molecule has 1 aliphatic rings. The second-order valence-corrected chi connectivity index (χ2v) is 8.46. The summed E-state index contributed by atoms with van der Waals surface area (Å²) < 4.78 is 13.2. The molecule has 0 unspecified atom stereocenters.